The molecule has 4 bridgehead atoms. The van der Waals surface area contributed by atoms with Crippen molar-refractivity contribution in [1.29, 1.82) is 0 Å². The highest BCUT2D eigenvalue weighted by Crippen LogP contribution is 2.65. The maximum absolute atomic E-state index is 11.3. The van der Waals surface area contributed by atoms with E-state index in [1.807, 2.05) is 0 Å². The van der Waals surface area contributed by atoms with Crippen molar-refractivity contribution in [1.82, 2.24) is 0 Å². The lowest BCUT2D eigenvalue weighted by Crippen LogP contribution is -2.60. The molecule has 5 aliphatic rings. The van der Waals surface area contributed by atoms with Crippen LogP contribution in [-0.2, 0) is 0 Å². The first kappa shape index (κ1) is 11.7. The van der Waals surface area contributed by atoms with Crippen molar-refractivity contribution < 1.29 is 5.11 Å². The molecule has 0 radical (unpaired) electrons. The van der Waals surface area contributed by atoms with Gasteiger partial charge in [0, 0.05) is 6.04 Å². The lowest BCUT2D eigenvalue weighted by Gasteiger charge is -2.63. The first-order valence-corrected chi connectivity index (χ1v) is 8.07. The largest absolute Gasteiger partial charge is 0.389 e. The Balaban J connectivity index is 1.63. The Hall–Kier alpha value is -0.0800. The van der Waals surface area contributed by atoms with E-state index in [0.29, 0.717) is 11.5 Å². The second-order valence-electron chi connectivity index (χ2n) is 8.07. The van der Waals surface area contributed by atoms with E-state index >= 15 is 0 Å². The molecule has 5 fully saturated rings. The third-order valence-corrected chi connectivity index (χ3v) is 6.88. The summed E-state index contributed by atoms with van der Waals surface area (Å²) in [6, 6.07) is 0.346. The summed E-state index contributed by atoms with van der Waals surface area (Å²) in [7, 11) is 0. The van der Waals surface area contributed by atoms with Gasteiger partial charge in [-0.1, -0.05) is 0 Å². The molecule has 3 N–H and O–H groups in total. The minimum atomic E-state index is -0.362. The molecule has 2 heteroatoms. The molecule has 5 saturated carbocycles. The van der Waals surface area contributed by atoms with E-state index in [1.165, 1.54) is 38.5 Å². The van der Waals surface area contributed by atoms with E-state index in [9.17, 15) is 5.11 Å². The van der Waals surface area contributed by atoms with Gasteiger partial charge in [0.15, 0.2) is 0 Å². The Labute approximate surface area is 110 Å². The molecule has 2 nitrogen and oxygen atoms in total. The van der Waals surface area contributed by atoms with Crippen LogP contribution in [0.4, 0.5) is 0 Å². The molecule has 102 valence electrons. The Kier molecular flexibility index (Phi) is 2.43. The van der Waals surface area contributed by atoms with Crippen molar-refractivity contribution in [2.75, 3.05) is 0 Å². The molecule has 0 unspecified atom stereocenters. The lowest BCUT2D eigenvalue weighted by molar-refractivity contribution is -0.192. The highest BCUT2D eigenvalue weighted by atomic mass is 16.3. The van der Waals surface area contributed by atoms with Crippen molar-refractivity contribution in [3.63, 3.8) is 0 Å². The van der Waals surface area contributed by atoms with Gasteiger partial charge in [-0.3, -0.25) is 0 Å². The van der Waals surface area contributed by atoms with Gasteiger partial charge in [0.25, 0.3) is 0 Å². The molecule has 0 aromatic rings. The Morgan fingerprint density at radius 2 is 1.28 bits per heavy atom. The molecule has 0 saturated heterocycles. The Morgan fingerprint density at radius 1 is 0.833 bits per heavy atom. The smallest absolute Gasteiger partial charge is 0.0705 e. The highest BCUT2D eigenvalue weighted by molar-refractivity contribution is 5.11. The van der Waals surface area contributed by atoms with Gasteiger partial charge >= 0.3 is 0 Å². The van der Waals surface area contributed by atoms with E-state index in [2.05, 4.69) is 0 Å². The van der Waals surface area contributed by atoms with Gasteiger partial charge in [-0.25, -0.2) is 0 Å². The fourth-order valence-electron chi connectivity index (χ4n) is 6.33. The molecule has 18 heavy (non-hydrogen) atoms. The average molecular weight is 249 g/mol. The molecule has 0 atom stereocenters. The summed E-state index contributed by atoms with van der Waals surface area (Å²) in [6.45, 7) is 0. The van der Waals surface area contributed by atoms with Crippen LogP contribution in [0.25, 0.3) is 0 Å². The molecule has 0 spiro atoms. The van der Waals surface area contributed by atoms with Crippen LogP contribution in [0.3, 0.4) is 0 Å². The van der Waals surface area contributed by atoms with Crippen LogP contribution in [0.2, 0.25) is 0 Å². The number of rotatable bonds is 1. The first-order valence-electron chi connectivity index (χ1n) is 8.07. The van der Waals surface area contributed by atoms with E-state index in [-0.39, 0.29) is 5.60 Å². The molecule has 5 aliphatic carbocycles. The van der Waals surface area contributed by atoms with Crippen LogP contribution >= 0.6 is 0 Å². The maximum atomic E-state index is 11.3. The molecular formula is C16H27NO. The van der Waals surface area contributed by atoms with Crippen LogP contribution in [0.15, 0.2) is 0 Å². The molecule has 0 aromatic heterocycles. The predicted octanol–water partition coefficient (Wildman–Crippen LogP) is 2.84. The van der Waals surface area contributed by atoms with Crippen molar-refractivity contribution >= 4 is 0 Å². The average Bonchev–Trinajstić information content (AvgIpc) is 2.31. The van der Waals surface area contributed by atoms with Crippen molar-refractivity contribution in [2.24, 2.45) is 28.9 Å². The zero-order valence-corrected chi connectivity index (χ0v) is 11.4. The van der Waals surface area contributed by atoms with Crippen LogP contribution in [0.1, 0.15) is 64.2 Å². The summed E-state index contributed by atoms with van der Waals surface area (Å²) in [4.78, 5) is 0. The van der Waals surface area contributed by atoms with Crippen LogP contribution in [0.5, 0.6) is 0 Å². The van der Waals surface area contributed by atoms with E-state index in [4.69, 9.17) is 5.73 Å². The lowest BCUT2D eigenvalue weighted by atomic mass is 9.44. The second-order valence-corrected chi connectivity index (χ2v) is 8.07. The Bertz CT molecular complexity index is 308. The molecule has 0 amide bonds. The van der Waals surface area contributed by atoms with E-state index in [0.717, 1.165) is 43.4 Å². The second kappa shape index (κ2) is 3.73. The molecule has 0 aromatic carbocycles. The molecule has 5 rings (SSSR count). The third-order valence-electron chi connectivity index (χ3n) is 6.88. The van der Waals surface area contributed by atoms with Crippen molar-refractivity contribution in [3.8, 4) is 0 Å². The third kappa shape index (κ3) is 1.54. The molecule has 0 heterocycles. The molecular weight excluding hydrogens is 222 g/mol. The van der Waals surface area contributed by atoms with E-state index < -0.39 is 0 Å². The summed E-state index contributed by atoms with van der Waals surface area (Å²) in [5, 5.41) is 11.3. The Morgan fingerprint density at radius 3 is 1.72 bits per heavy atom. The molecule has 0 aliphatic heterocycles. The number of nitrogens with two attached hydrogens (primary N) is 1. The van der Waals surface area contributed by atoms with Gasteiger partial charge < -0.3 is 10.8 Å². The van der Waals surface area contributed by atoms with Gasteiger partial charge in [0.05, 0.1) is 5.60 Å². The van der Waals surface area contributed by atoms with Gasteiger partial charge in [-0.05, 0) is 87.4 Å². The van der Waals surface area contributed by atoms with Crippen LogP contribution in [-0.4, -0.2) is 16.7 Å². The van der Waals surface area contributed by atoms with Gasteiger partial charge in [-0.2, -0.15) is 0 Å². The summed E-state index contributed by atoms with van der Waals surface area (Å²) in [5.41, 5.74) is 5.97. The van der Waals surface area contributed by atoms with E-state index in [1.54, 1.807) is 0 Å². The summed E-state index contributed by atoms with van der Waals surface area (Å²) >= 11 is 0. The number of hydrogen-bond acceptors (Lipinski definition) is 2. The van der Waals surface area contributed by atoms with Gasteiger partial charge in [0.2, 0.25) is 0 Å². The van der Waals surface area contributed by atoms with Gasteiger partial charge in [-0.15, -0.1) is 0 Å². The normalized spacial score (nSPS) is 59.0. The fraction of sp³-hybridized carbons (Fsp3) is 1.00. The van der Waals surface area contributed by atoms with Crippen LogP contribution < -0.4 is 5.73 Å². The minimum Gasteiger partial charge on any atom is -0.389 e. The summed E-state index contributed by atoms with van der Waals surface area (Å²) in [5.74, 6) is 2.82. The summed E-state index contributed by atoms with van der Waals surface area (Å²) in [6.07, 6.45) is 12.4. The quantitative estimate of drug-likeness (QED) is 0.750. The highest BCUT2D eigenvalue weighted by Gasteiger charge is 2.60. The topological polar surface area (TPSA) is 46.2 Å². The van der Waals surface area contributed by atoms with Gasteiger partial charge in [0.1, 0.15) is 0 Å². The minimum absolute atomic E-state index is 0.294. The SMILES string of the molecule is NC1CCC(O)(C23CC4CC(CC(C4)C2)C3)CC1. The van der Waals surface area contributed by atoms with Crippen molar-refractivity contribution in [3.05, 3.63) is 0 Å². The fourth-order valence-corrected chi connectivity index (χ4v) is 6.33. The zero-order valence-electron chi connectivity index (χ0n) is 11.4. The first-order chi connectivity index (χ1) is 8.59. The number of hydrogen-bond donors (Lipinski definition) is 2. The van der Waals surface area contributed by atoms with Crippen LogP contribution in [0, 0.1) is 23.2 Å². The zero-order chi connectivity index (χ0) is 12.4. The predicted molar refractivity (Wildman–Crippen MR) is 72.0 cm³/mol. The maximum Gasteiger partial charge on any atom is 0.0705 e. The summed E-state index contributed by atoms with van der Waals surface area (Å²) < 4.78 is 0. The number of aliphatic hydroxyl groups is 1. The van der Waals surface area contributed by atoms with Crippen molar-refractivity contribution in [2.45, 2.75) is 75.9 Å². The standard InChI is InChI=1S/C16H27NO/c17-14-1-3-16(18,4-2-14)15-8-11-5-12(9-15)7-13(6-11)10-15/h11-14,18H,1-10,17H2. The monoisotopic (exact) mass is 249 g/mol.